The molecule has 38 heavy (non-hydrogen) atoms. The molecule has 202 valence electrons. The third kappa shape index (κ3) is 7.59. The van der Waals surface area contributed by atoms with Crippen LogP contribution in [-0.4, -0.2) is 72.0 Å². The number of ether oxygens (including phenoxy) is 1. The number of hydrogen-bond acceptors (Lipinski definition) is 4. The Labute approximate surface area is 226 Å². The molecular weight excluding hydrogens is 476 g/mol. The van der Waals surface area contributed by atoms with Crippen LogP contribution in [0, 0.1) is 6.92 Å². The van der Waals surface area contributed by atoms with E-state index in [2.05, 4.69) is 70.9 Å². The Balaban J connectivity index is 0.000000375. The predicted molar refractivity (Wildman–Crippen MR) is 156 cm³/mol. The minimum absolute atomic E-state index is 0.331. The number of aromatic carboxylic acids is 1. The molecule has 1 aliphatic heterocycles. The van der Waals surface area contributed by atoms with Gasteiger partial charge in [0.15, 0.2) is 0 Å². The van der Waals surface area contributed by atoms with E-state index in [0.717, 1.165) is 50.7 Å². The van der Waals surface area contributed by atoms with Crippen molar-refractivity contribution in [3.63, 3.8) is 0 Å². The topological polar surface area (TPSA) is 81.2 Å². The maximum Gasteiger partial charge on any atom is 0.335 e. The Morgan fingerprint density at radius 1 is 1.16 bits per heavy atom. The van der Waals surface area contributed by atoms with E-state index in [0.29, 0.717) is 5.56 Å². The Bertz CT molecular complexity index is 1280. The summed E-state index contributed by atoms with van der Waals surface area (Å²) in [5, 5.41) is 9.65. The second-order valence-corrected chi connectivity index (χ2v) is 9.38. The molecule has 0 unspecified atom stereocenters. The zero-order chi connectivity index (χ0) is 27.5. The number of amidine groups is 1. The number of piperazine rings is 1. The van der Waals surface area contributed by atoms with Crippen LogP contribution in [0.25, 0.3) is 10.9 Å². The number of allylic oxidation sites excluding steroid dienone is 3. The van der Waals surface area contributed by atoms with Crippen LogP contribution in [0.3, 0.4) is 0 Å². The van der Waals surface area contributed by atoms with Crippen LogP contribution < -0.4 is 4.74 Å². The molecule has 1 fully saturated rings. The standard InChI is InChI=1S/C24H34N4O.C7H6O2/c1-6-18(2)8-7-9-23(25-4)28-14-12-27(13-15-28)17-21-20-10-11-26-24(20)19(3)16-22(21)29-5;8-7(9)6-4-2-1-3-5-6/h7-11,16,26H,6,12-15,17H2,1-5H3;1-5H,(H,8,9)/b9-7-,18-8+,25-23?;. The first-order valence-electron chi connectivity index (χ1n) is 13.1. The number of nitrogens with one attached hydrogen (secondary N) is 1. The van der Waals surface area contributed by atoms with Crippen LogP contribution in [0.4, 0.5) is 0 Å². The molecule has 2 heterocycles. The molecule has 0 spiro atoms. The number of H-pyrrole nitrogens is 1. The number of aliphatic imine (C=N–C) groups is 1. The molecule has 0 saturated carbocycles. The largest absolute Gasteiger partial charge is 0.496 e. The molecular formula is C31H40N4O3. The van der Waals surface area contributed by atoms with Gasteiger partial charge in [0.25, 0.3) is 0 Å². The van der Waals surface area contributed by atoms with Crippen molar-refractivity contribution >= 4 is 22.7 Å². The van der Waals surface area contributed by atoms with Gasteiger partial charge in [-0.2, -0.15) is 0 Å². The SMILES string of the molecule is CC/C(C)=C/C=C\C(=NC)N1CCN(Cc2c(OC)cc(C)c3[nH]ccc23)CC1.O=C(O)c1ccccc1. The number of aromatic nitrogens is 1. The number of carboxylic acid groups (broad SMARTS) is 1. The summed E-state index contributed by atoms with van der Waals surface area (Å²) >= 11 is 0. The zero-order valence-corrected chi connectivity index (χ0v) is 23.2. The van der Waals surface area contributed by atoms with E-state index in [4.69, 9.17) is 9.84 Å². The normalized spacial score (nSPS) is 15.0. The molecule has 7 heteroatoms. The van der Waals surface area contributed by atoms with E-state index in [9.17, 15) is 4.79 Å². The van der Waals surface area contributed by atoms with Crippen molar-refractivity contribution in [2.24, 2.45) is 4.99 Å². The number of fused-ring (bicyclic) bond motifs is 1. The molecule has 0 aliphatic carbocycles. The quantitative estimate of drug-likeness (QED) is 0.231. The number of benzene rings is 2. The molecule has 3 aromatic rings. The average molecular weight is 517 g/mol. The fourth-order valence-corrected chi connectivity index (χ4v) is 4.46. The summed E-state index contributed by atoms with van der Waals surface area (Å²) in [5.74, 6) is 1.16. The van der Waals surface area contributed by atoms with Gasteiger partial charge in [-0.1, -0.05) is 42.8 Å². The third-order valence-electron chi connectivity index (χ3n) is 6.84. The van der Waals surface area contributed by atoms with Gasteiger partial charge in [-0.3, -0.25) is 9.89 Å². The lowest BCUT2D eigenvalue weighted by molar-refractivity contribution is 0.0697. The fraction of sp³-hybridized carbons (Fsp3) is 0.355. The number of aryl methyl sites for hydroxylation is 1. The first-order valence-corrected chi connectivity index (χ1v) is 13.1. The van der Waals surface area contributed by atoms with E-state index in [1.165, 1.54) is 27.6 Å². The molecule has 0 bridgehead atoms. The van der Waals surface area contributed by atoms with Crippen molar-refractivity contribution in [3.05, 3.63) is 89.2 Å². The van der Waals surface area contributed by atoms with E-state index >= 15 is 0 Å². The molecule has 4 rings (SSSR count). The lowest BCUT2D eigenvalue weighted by Gasteiger charge is -2.36. The van der Waals surface area contributed by atoms with Crippen molar-refractivity contribution in [2.45, 2.75) is 33.7 Å². The number of methoxy groups -OCH3 is 1. The number of rotatable bonds is 7. The van der Waals surface area contributed by atoms with Crippen molar-refractivity contribution in [1.82, 2.24) is 14.8 Å². The second-order valence-electron chi connectivity index (χ2n) is 9.38. The van der Waals surface area contributed by atoms with Gasteiger partial charge in [-0.05, 0) is 56.2 Å². The zero-order valence-electron chi connectivity index (χ0n) is 23.2. The molecule has 1 saturated heterocycles. The predicted octanol–water partition coefficient (Wildman–Crippen LogP) is 5.93. The van der Waals surface area contributed by atoms with Crippen LogP contribution in [0.1, 0.15) is 41.8 Å². The van der Waals surface area contributed by atoms with E-state index < -0.39 is 5.97 Å². The molecule has 0 atom stereocenters. The van der Waals surface area contributed by atoms with Crippen molar-refractivity contribution in [1.29, 1.82) is 0 Å². The Hall–Kier alpha value is -3.84. The maximum absolute atomic E-state index is 10.2. The Morgan fingerprint density at radius 2 is 1.87 bits per heavy atom. The Morgan fingerprint density at radius 3 is 2.45 bits per heavy atom. The van der Waals surface area contributed by atoms with Gasteiger partial charge in [0.2, 0.25) is 0 Å². The average Bonchev–Trinajstić information content (AvgIpc) is 3.45. The number of carboxylic acids is 1. The number of hydrogen-bond donors (Lipinski definition) is 2. The minimum atomic E-state index is -0.879. The summed E-state index contributed by atoms with van der Waals surface area (Å²) in [7, 11) is 3.64. The fourth-order valence-electron chi connectivity index (χ4n) is 4.46. The highest BCUT2D eigenvalue weighted by Crippen LogP contribution is 2.31. The lowest BCUT2D eigenvalue weighted by atomic mass is 10.0. The molecule has 1 aliphatic rings. The van der Waals surface area contributed by atoms with Gasteiger partial charge in [0.05, 0.1) is 12.7 Å². The summed E-state index contributed by atoms with van der Waals surface area (Å²) in [6.07, 6.45) is 9.52. The summed E-state index contributed by atoms with van der Waals surface area (Å²) in [6, 6.07) is 12.6. The number of carbonyl (C=O) groups is 1. The second kappa shape index (κ2) is 14.2. The number of nitrogens with zero attached hydrogens (tertiary/aromatic N) is 3. The van der Waals surface area contributed by atoms with Gasteiger partial charge in [-0.15, -0.1) is 0 Å². The van der Waals surface area contributed by atoms with Gasteiger partial charge in [-0.25, -0.2) is 4.79 Å². The highest BCUT2D eigenvalue weighted by atomic mass is 16.5. The first kappa shape index (κ1) is 28.7. The summed E-state index contributed by atoms with van der Waals surface area (Å²) in [6.45, 7) is 11.4. The van der Waals surface area contributed by atoms with E-state index in [1.807, 2.05) is 13.2 Å². The van der Waals surface area contributed by atoms with Crippen LogP contribution >= 0.6 is 0 Å². The highest BCUT2D eigenvalue weighted by Gasteiger charge is 2.21. The molecule has 2 aromatic carbocycles. The van der Waals surface area contributed by atoms with Gasteiger partial charge < -0.3 is 19.7 Å². The van der Waals surface area contributed by atoms with Crippen LogP contribution in [0.15, 0.2) is 77.5 Å². The van der Waals surface area contributed by atoms with Crippen LogP contribution in [-0.2, 0) is 6.54 Å². The minimum Gasteiger partial charge on any atom is -0.496 e. The molecule has 2 N–H and O–H groups in total. The van der Waals surface area contributed by atoms with Crippen molar-refractivity contribution in [3.8, 4) is 5.75 Å². The summed E-state index contributed by atoms with van der Waals surface area (Å²) in [4.78, 5) is 23.0. The molecule has 0 radical (unpaired) electrons. The van der Waals surface area contributed by atoms with Crippen molar-refractivity contribution in [2.75, 3.05) is 40.3 Å². The monoisotopic (exact) mass is 516 g/mol. The Kier molecular flexibility index (Phi) is 10.7. The first-order chi connectivity index (χ1) is 18.4. The van der Waals surface area contributed by atoms with E-state index in [1.54, 1.807) is 37.4 Å². The molecule has 7 nitrogen and oxygen atoms in total. The van der Waals surface area contributed by atoms with Gasteiger partial charge in [0.1, 0.15) is 11.6 Å². The van der Waals surface area contributed by atoms with Gasteiger partial charge in [0, 0.05) is 62.4 Å². The third-order valence-corrected chi connectivity index (χ3v) is 6.84. The van der Waals surface area contributed by atoms with Crippen molar-refractivity contribution < 1.29 is 14.6 Å². The smallest absolute Gasteiger partial charge is 0.335 e. The lowest BCUT2D eigenvalue weighted by Crippen LogP contribution is -2.47. The maximum atomic E-state index is 10.2. The molecule has 0 amide bonds. The summed E-state index contributed by atoms with van der Waals surface area (Å²) in [5.41, 5.74) is 5.41. The highest BCUT2D eigenvalue weighted by molar-refractivity contribution is 5.93. The summed E-state index contributed by atoms with van der Waals surface area (Å²) < 4.78 is 5.71. The van der Waals surface area contributed by atoms with E-state index in [-0.39, 0.29) is 0 Å². The molecule has 1 aromatic heterocycles. The number of aromatic amines is 1. The van der Waals surface area contributed by atoms with Gasteiger partial charge >= 0.3 is 5.97 Å². The van der Waals surface area contributed by atoms with Crippen LogP contribution in [0.5, 0.6) is 5.75 Å². The van der Waals surface area contributed by atoms with Crippen LogP contribution in [0.2, 0.25) is 0 Å².